The Hall–Kier alpha value is -1.57. The van der Waals surface area contributed by atoms with Gasteiger partial charge in [-0.25, -0.2) is 10.2 Å². The van der Waals surface area contributed by atoms with Crippen molar-refractivity contribution >= 4 is 11.7 Å². The van der Waals surface area contributed by atoms with Crippen molar-refractivity contribution < 1.29 is 4.79 Å². The molecule has 0 aliphatic carbocycles. The SMILES string of the molecule is C/C(CCCCCCCCC#N)=N\NC(N)=O. The Kier molecular flexibility index (Phi) is 9.92. The highest BCUT2D eigenvalue weighted by Crippen LogP contribution is 2.08. The molecule has 0 heterocycles. The van der Waals surface area contributed by atoms with Crippen molar-refractivity contribution in [1.82, 2.24) is 5.43 Å². The van der Waals surface area contributed by atoms with Crippen LogP contribution < -0.4 is 11.2 Å². The monoisotopic (exact) mass is 238 g/mol. The molecular weight excluding hydrogens is 216 g/mol. The van der Waals surface area contributed by atoms with Crippen LogP contribution in [0.3, 0.4) is 0 Å². The van der Waals surface area contributed by atoms with Gasteiger partial charge < -0.3 is 5.73 Å². The molecule has 0 radical (unpaired) electrons. The van der Waals surface area contributed by atoms with Crippen LogP contribution in [0.4, 0.5) is 4.79 Å². The standard InChI is InChI=1S/C12H22N4O/c1-11(15-16-12(14)17)9-7-5-3-2-4-6-8-10-13/h2-9H2,1H3,(H3,14,16,17)/b15-11+. The van der Waals surface area contributed by atoms with Gasteiger partial charge in [0.2, 0.25) is 0 Å². The molecule has 5 heteroatoms. The van der Waals surface area contributed by atoms with Crippen LogP contribution >= 0.6 is 0 Å². The molecule has 0 saturated heterocycles. The lowest BCUT2D eigenvalue weighted by molar-refractivity contribution is 0.249. The molecule has 0 atom stereocenters. The fourth-order valence-electron chi connectivity index (χ4n) is 1.50. The number of hydrogen-bond acceptors (Lipinski definition) is 3. The van der Waals surface area contributed by atoms with Crippen molar-refractivity contribution in [2.45, 2.75) is 58.3 Å². The second-order valence-electron chi connectivity index (χ2n) is 4.10. The normalized spacial score (nSPS) is 10.9. The maximum atomic E-state index is 10.4. The third-order valence-electron chi connectivity index (χ3n) is 2.43. The van der Waals surface area contributed by atoms with Gasteiger partial charge in [-0.05, 0) is 26.2 Å². The topological polar surface area (TPSA) is 91.3 Å². The van der Waals surface area contributed by atoms with Gasteiger partial charge in [0.1, 0.15) is 0 Å². The average Bonchev–Trinajstić information content (AvgIpc) is 2.30. The largest absolute Gasteiger partial charge is 0.350 e. The summed E-state index contributed by atoms with van der Waals surface area (Å²) in [5.41, 5.74) is 8.01. The molecule has 5 nitrogen and oxygen atoms in total. The minimum absolute atomic E-state index is 0.623. The Morgan fingerprint density at radius 1 is 1.24 bits per heavy atom. The first kappa shape index (κ1) is 15.4. The third kappa shape index (κ3) is 12.4. The first-order chi connectivity index (χ1) is 8.16. The van der Waals surface area contributed by atoms with E-state index in [1.165, 1.54) is 12.8 Å². The van der Waals surface area contributed by atoms with Crippen molar-refractivity contribution in [1.29, 1.82) is 5.26 Å². The zero-order valence-corrected chi connectivity index (χ0v) is 10.5. The van der Waals surface area contributed by atoms with Gasteiger partial charge in [-0.1, -0.05) is 25.7 Å². The number of hydrogen-bond donors (Lipinski definition) is 2. The van der Waals surface area contributed by atoms with Gasteiger partial charge in [0.05, 0.1) is 6.07 Å². The van der Waals surface area contributed by atoms with E-state index in [0.29, 0.717) is 6.42 Å². The highest BCUT2D eigenvalue weighted by atomic mass is 16.2. The lowest BCUT2D eigenvalue weighted by atomic mass is 10.1. The van der Waals surface area contributed by atoms with Crippen LogP contribution in [0, 0.1) is 11.3 Å². The number of primary amides is 1. The molecule has 17 heavy (non-hydrogen) atoms. The smallest absolute Gasteiger partial charge is 0.332 e. The van der Waals surface area contributed by atoms with Gasteiger partial charge in [0, 0.05) is 12.1 Å². The summed E-state index contributed by atoms with van der Waals surface area (Å²) in [5, 5.41) is 12.2. The Morgan fingerprint density at radius 2 is 1.82 bits per heavy atom. The number of carbonyl (C=O) groups excluding carboxylic acids is 1. The number of nitrogens with one attached hydrogen (secondary N) is 1. The van der Waals surface area contributed by atoms with E-state index in [9.17, 15) is 4.79 Å². The molecule has 0 aromatic rings. The number of amides is 2. The molecular formula is C12H22N4O. The van der Waals surface area contributed by atoms with E-state index < -0.39 is 6.03 Å². The predicted molar refractivity (Wildman–Crippen MR) is 68.4 cm³/mol. The fourth-order valence-corrected chi connectivity index (χ4v) is 1.50. The zero-order valence-electron chi connectivity index (χ0n) is 10.5. The van der Waals surface area contributed by atoms with Crippen molar-refractivity contribution in [2.75, 3.05) is 0 Å². The Balaban J connectivity index is 3.30. The number of unbranched alkanes of at least 4 members (excludes halogenated alkanes) is 6. The molecule has 0 aromatic carbocycles. The highest BCUT2D eigenvalue weighted by Gasteiger charge is 1.95. The Bertz CT molecular complexity index is 281. The summed E-state index contributed by atoms with van der Waals surface area (Å²) in [6.07, 6.45) is 8.34. The summed E-state index contributed by atoms with van der Waals surface area (Å²) in [6.45, 7) is 1.88. The lowest BCUT2D eigenvalue weighted by Gasteiger charge is -2.01. The summed E-state index contributed by atoms with van der Waals surface area (Å²) in [7, 11) is 0. The van der Waals surface area contributed by atoms with Crippen LogP contribution in [0.25, 0.3) is 0 Å². The van der Waals surface area contributed by atoms with Gasteiger partial charge >= 0.3 is 6.03 Å². The number of nitrogens with two attached hydrogens (primary N) is 1. The van der Waals surface area contributed by atoms with Crippen molar-refractivity contribution in [3.63, 3.8) is 0 Å². The fraction of sp³-hybridized carbons (Fsp3) is 0.750. The Labute approximate surface area is 103 Å². The number of rotatable bonds is 9. The molecule has 0 aromatic heterocycles. The van der Waals surface area contributed by atoms with Crippen molar-refractivity contribution in [2.24, 2.45) is 10.8 Å². The molecule has 0 rings (SSSR count). The first-order valence-electron chi connectivity index (χ1n) is 6.12. The van der Waals surface area contributed by atoms with E-state index in [1.807, 2.05) is 6.92 Å². The molecule has 0 aliphatic heterocycles. The summed E-state index contributed by atoms with van der Waals surface area (Å²) in [4.78, 5) is 10.4. The number of urea groups is 1. The van der Waals surface area contributed by atoms with E-state index in [1.54, 1.807) is 0 Å². The van der Waals surface area contributed by atoms with Crippen LogP contribution in [-0.2, 0) is 0 Å². The molecule has 0 bridgehead atoms. The first-order valence-corrected chi connectivity index (χ1v) is 6.12. The molecule has 3 N–H and O–H groups in total. The molecule has 96 valence electrons. The average molecular weight is 238 g/mol. The van der Waals surface area contributed by atoms with Crippen molar-refractivity contribution in [3.05, 3.63) is 0 Å². The third-order valence-corrected chi connectivity index (χ3v) is 2.43. The van der Waals surface area contributed by atoms with Gasteiger partial charge in [0.25, 0.3) is 0 Å². The summed E-state index contributed by atoms with van der Waals surface area (Å²) >= 11 is 0. The maximum Gasteiger partial charge on any atom is 0.332 e. The van der Waals surface area contributed by atoms with Gasteiger partial charge in [-0.3, -0.25) is 0 Å². The van der Waals surface area contributed by atoms with E-state index >= 15 is 0 Å². The van der Waals surface area contributed by atoms with Gasteiger partial charge in [-0.2, -0.15) is 10.4 Å². The molecule has 2 amide bonds. The quantitative estimate of drug-likeness (QED) is 0.367. The summed E-state index contributed by atoms with van der Waals surface area (Å²) in [6, 6.07) is 1.52. The molecule has 0 unspecified atom stereocenters. The second-order valence-corrected chi connectivity index (χ2v) is 4.10. The Morgan fingerprint density at radius 3 is 2.41 bits per heavy atom. The number of nitrogens with zero attached hydrogens (tertiary/aromatic N) is 2. The number of hydrazone groups is 1. The lowest BCUT2D eigenvalue weighted by Crippen LogP contribution is -2.25. The predicted octanol–water partition coefficient (Wildman–Crippen LogP) is 2.67. The summed E-state index contributed by atoms with van der Waals surface area (Å²) in [5.74, 6) is 0. The summed E-state index contributed by atoms with van der Waals surface area (Å²) < 4.78 is 0. The van der Waals surface area contributed by atoms with Crippen LogP contribution in [-0.4, -0.2) is 11.7 Å². The number of carbonyl (C=O) groups is 1. The van der Waals surface area contributed by atoms with E-state index in [2.05, 4.69) is 16.6 Å². The molecule has 0 saturated carbocycles. The van der Waals surface area contributed by atoms with E-state index in [-0.39, 0.29) is 0 Å². The van der Waals surface area contributed by atoms with E-state index in [4.69, 9.17) is 11.0 Å². The van der Waals surface area contributed by atoms with Crippen LogP contribution in [0.2, 0.25) is 0 Å². The highest BCUT2D eigenvalue weighted by molar-refractivity contribution is 5.83. The van der Waals surface area contributed by atoms with Gasteiger partial charge in [0.15, 0.2) is 0 Å². The maximum absolute atomic E-state index is 10.4. The molecule has 0 aliphatic rings. The van der Waals surface area contributed by atoms with Crippen LogP contribution in [0.5, 0.6) is 0 Å². The second kappa shape index (κ2) is 10.9. The van der Waals surface area contributed by atoms with E-state index in [0.717, 1.165) is 37.8 Å². The zero-order chi connectivity index (χ0) is 12.9. The minimum atomic E-state index is -0.623. The minimum Gasteiger partial charge on any atom is -0.350 e. The molecule has 0 fully saturated rings. The van der Waals surface area contributed by atoms with Gasteiger partial charge in [-0.15, -0.1) is 0 Å². The number of nitriles is 1. The molecule has 0 spiro atoms. The van der Waals surface area contributed by atoms with Crippen molar-refractivity contribution in [3.8, 4) is 6.07 Å². The van der Waals surface area contributed by atoms with Crippen LogP contribution in [0.15, 0.2) is 5.10 Å². The van der Waals surface area contributed by atoms with Crippen LogP contribution in [0.1, 0.15) is 58.3 Å².